The molecule has 19 heavy (non-hydrogen) atoms. The molecule has 0 aliphatic heterocycles. The Morgan fingerprint density at radius 2 is 1.58 bits per heavy atom. The zero-order valence-corrected chi connectivity index (χ0v) is 13.4. The largest absolute Gasteiger partial charge is 0.337 e. The first-order chi connectivity index (χ1) is 8.93. The Morgan fingerprint density at radius 1 is 1.05 bits per heavy atom. The number of rotatable bonds is 6. The average molecular weight is 279 g/mol. The normalized spacial score (nSPS) is 12.8. The number of carbonyl (C=O) groups excluding carboxylic acids is 1. The summed E-state index contributed by atoms with van der Waals surface area (Å²) in [4.78, 5) is 14.4. The summed E-state index contributed by atoms with van der Waals surface area (Å²) in [6, 6.07) is 10.8. The molecule has 1 aromatic rings. The summed E-state index contributed by atoms with van der Waals surface area (Å²) < 4.78 is 0. The number of carbonyl (C=O) groups is 1. The Balaban J connectivity index is 2.57. The van der Waals surface area contributed by atoms with Gasteiger partial charge in [-0.2, -0.15) is 0 Å². The number of benzene rings is 1. The van der Waals surface area contributed by atoms with Crippen LogP contribution in [-0.4, -0.2) is 28.1 Å². The summed E-state index contributed by atoms with van der Waals surface area (Å²) in [5.41, 5.74) is 1.27. The van der Waals surface area contributed by atoms with Gasteiger partial charge in [0.25, 0.3) is 0 Å². The van der Waals surface area contributed by atoms with Crippen LogP contribution >= 0.6 is 11.8 Å². The lowest BCUT2D eigenvalue weighted by Crippen LogP contribution is -2.45. The predicted octanol–water partition coefficient (Wildman–Crippen LogP) is 3.95. The van der Waals surface area contributed by atoms with Crippen molar-refractivity contribution in [2.75, 3.05) is 0 Å². The van der Waals surface area contributed by atoms with Crippen molar-refractivity contribution >= 4 is 17.7 Å². The SMILES string of the molecule is CC(SCc1ccccc1)C(=O)N(C(C)C)C(C)C. The first kappa shape index (κ1) is 16.1. The molecule has 0 aliphatic rings. The van der Waals surface area contributed by atoms with Crippen molar-refractivity contribution in [2.45, 2.75) is 57.7 Å². The van der Waals surface area contributed by atoms with Gasteiger partial charge in [0.05, 0.1) is 5.25 Å². The fourth-order valence-corrected chi connectivity index (χ4v) is 3.08. The van der Waals surface area contributed by atoms with Crippen LogP contribution in [0.2, 0.25) is 0 Å². The second-order valence-electron chi connectivity index (χ2n) is 5.37. The van der Waals surface area contributed by atoms with Gasteiger partial charge in [0.1, 0.15) is 0 Å². The van der Waals surface area contributed by atoms with Crippen LogP contribution in [0.3, 0.4) is 0 Å². The molecule has 0 radical (unpaired) electrons. The van der Waals surface area contributed by atoms with Gasteiger partial charge < -0.3 is 4.90 Å². The Hall–Kier alpha value is -0.960. The van der Waals surface area contributed by atoms with Crippen molar-refractivity contribution in [1.82, 2.24) is 4.90 Å². The van der Waals surface area contributed by atoms with E-state index in [1.165, 1.54) is 5.56 Å². The lowest BCUT2D eigenvalue weighted by molar-refractivity contribution is -0.133. The second-order valence-corrected chi connectivity index (χ2v) is 6.70. The van der Waals surface area contributed by atoms with E-state index in [1.54, 1.807) is 11.8 Å². The van der Waals surface area contributed by atoms with Gasteiger partial charge in [0.15, 0.2) is 0 Å². The third kappa shape index (κ3) is 4.90. The highest BCUT2D eigenvalue weighted by Crippen LogP contribution is 2.21. The third-order valence-corrected chi connectivity index (χ3v) is 4.26. The fourth-order valence-electron chi connectivity index (χ4n) is 2.18. The maximum Gasteiger partial charge on any atom is 0.235 e. The van der Waals surface area contributed by atoms with E-state index in [2.05, 4.69) is 39.8 Å². The molecule has 0 spiro atoms. The summed E-state index contributed by atoms with van der Waals surface area (Å²) in [5.74, 6) is 1.13. The van der Waals surface area contributed by atoms with Crippen molar-refractivity contribution in [3.63, 3.8) is 0 Å². The summed E-state index contributed by atoms with van der Waals surface area (Å²) in [6.07, 6.45) is 0. The lowest BCUT2D eigenvalue weighted by atomic mass is 10.2. The summed E-state index contributed by atoms with van der Waals surface area (Å²) in [6.45, 7) is 10.3. The van der Waals surface area contributed by atoms with Crippen LogP contribution in [0.15, 0.2) is 30.3 Å². The highest BCUT2D eigenvalue weighted by molar-refractivity contribution is 7.99. The molecule has 1 unspecified atom stereocenters. The quantitative estimate of drug-likeness (QED) is 0.785. The van der Waals surface area contributed by atoms with E-state index < -0.39 is 0 Å². The molecule has 0 aliphatic carbocycles. The van der Waals surface area contributed by atoms with Crippen molar-refractivity contribution in [2.24, 2.45) is 0 Å². The molecular weight excluding hydrogens is 254 g/mol. The van der Waals surface area contributed by atoms with E-state index >= 15 is 0 Å². The Kier molecular flexibility index (Phi) is 6.43. The monoisotopic (exact) mass is 279 g/mol. The first-order valence-electron chi connectivity index (χ1n) is 6.91. The molecular formula is C16H25NOS. The maximum absolute atomic E-state index is 12.5. The molecule has 0 N–H and O–H groups in total. The van der Waals surface area contributed by atoms with E-state index in [-0.39, 0.29) is 23.2 Å². The zero-order valence-electron chi connectivity index (χ0n) is 12.6. The van der Waals surface area contributed by atoms with Crippen molar-refractivity contribution in [3.05, 3.63) is 35.9 Å². The van der Waals surface area contributed by atoms with Crippen molar-refractivity contribution < 1.29 is 4.79 Å². The maximum atomic E-state index is 12.5. The highest BCUT2D eigenvalue weighted by Gasteiger charge is 2.25. The smallest absolute Gasteiger partial charge is 0.235 e. The predicted molar refractivity (Wildman–Crippen MR) is 84.3 cm³/mol. The minimum atomic E-state index is 0.00464. The molecule has 1 amide bonds. The minimum absolute atomic E-state index is 0.00464. The Labute approximate surface area is 121 Å². The molecule has 0 fully saturated rings. The molecule has 0 bridgehead atoms. The number of amides is 1. The van der Waals surface area contributed by atoms with Crippen LogP contribution in [0.4, 0.5) is 0 Å². The minimum Gasteiger partial charge on any atom is -0.337 e. The molecule has 0 heterocycles. The number of thioether (sulfide) groups is 1. The molecule has 0 saturated carbocycles. The van der Waals surface area contributed by atoms with Gasteiger partial charge in [-0.3, -0.25) is 4.79 Å². The van der Waals surface area contributed by atoms with Gasteiger partial charge in [0, 0.05) is 17.8 Å². The van der Waals surface area contributed by atoms with Gasteiger partial charge in [-0.05, 0) is 40.2 Å². The third-order valence-electron chi connectivity index (χ3n) is 3.06. The van der Waals surface area contributed by atoms with Crippen LogP contribution in [0.5, 0.6) is 0 Å². The number of nitrogens with zero attached hydrogens (tertiary/aromatic N) is 1. The molecule has 0 aromatic heterocycles. The van der Waals surface area contributed by atoms with Crippen LogP contribution in [0.1, 0.15) is 40.2 Å². The van der Waals surface area contributed by atoms with Gasteiger partial charge in [-0.15, -0.1) is 11.8 Å². The topological polar surface area (TPSA) is 20.3 Å². The summed E-state index contributed by atoms with van der Waals surface area (Å²) >= 11 is 1.71. The molecule has 1 rings (SSSR count). The summed E-state index contributed by atoms with van der Waals surface area (Å²) in [5, 5.41) is 0.00464. The molecule has 106 valence electrons. The van der Waals surface area contributed by atoms with E-state index in [0.29, 0.717) is 0 Å². The van der Waals surface area contributed by atoms with Crippen LogP contribution in [0.25, 0.3) is 0 Å². The van der Waals surface area contributed by atoms with Gasteiger partial charge in [-0.1, -0.05) is 30.3 Å². The lowest BCUT2D eigenvalue weighted by Gasteiger charge is -2.33. The molecule has 0 saturated heterocycles. The molecule has 1 atom stereocenters. The zero-order chi connectivity index (χ0) is 14.4. The number of hydrogen-bond donors (Lipinski definition) is 0. The van der Waals surface area contributed by atoms with Gasteiger partial charge >= 0.3 is 0 Å². The second kappa shape index (κ2) is 7.59. The Morgan fingerprint density at radius 3 is 2.05 bits per heavy atom. The molecule has 2 nitrogen and oxygen atoms in total. The molecule has 3 heteroatoms. The van der Waals surface area contributed by atoms with Crippen LogP contribution in [0, 0.1) is 0 Å². The van der Waals surface area contributed by atoms with Crippen molar-refractivity contribution in [3.8, 4) is 0 Å². The average Bonchev–Trinajstić information content (AvgIpc) is 2.36. The highest BCUT2D eigenvalue weighted by atomic mass is 32.2. The fraction of sp³-hybridized carbons (Fsp3) is 0.562. The standard InChI is InChI=1S/C16H25NOS/c1-12(2)17(13(3)4)16(18)14(5)19-11-15-9-7-6-8-10-15/h6-10,12-14H,11H2,1-5H3. The first-order valence-corrected chi connectivity index (χ1v) is 7.96. The summed E-state index contributed by atoms with van der Waals surface area (Å²) in [7, 11) is 0. The van der Waals surface area contributed by atoms with E-state index in [0.717, 1.165) is 5.75 Å². The van der Waals surface area contributed by atoms with E-state index in [1.807, 2.05) is 30.0 Å². The van der Waals surface area contributed by atoms with Gasteiger partial charge in [0.2, 0.25) is 5.91 Å². The molecule has 1 aromatic carbocycles. The van der Waals surface area contributed by atoms with E-state index in [4.69, 9.17) is 0 Å². The van der Waals surface area contributed by atoms with Crippen LogP contribution < -0.4 is 0 Å². The Bertz CT molecular complexity index is 381. The number of hydrogen-bond acceptors (Lipinski definition) is 2. The van der Waals surface area contributed by atoms with E-state index in [9.17, 15) is 4.79 Å². The van der Waals surface area contributed by atoms with Crippen molar-refractivity contribution in [1.29, 1.82) is 0 Å². The van der Waals surface area contributed by atoms with Crippen LogP contribution in [-0.2, 0) is 10.5 Å². The van der Waals surface area contributed by atoms with Gasteiger partial charge in [-0.25, -0.2) is 0 Å².